The SMILES string of the molecule is Cc1ccccc1N(c1ccccc1)c1cc(C)c(-c2c(C)cc(N(c3ccccc3)c3ccccc3C)cc2C)c(C)c1. The Morgan fingerprint density at radius 1 is 0.295 bits per heavy atom. The van der Waals surface area contributed by atoms with Gasteiger partial charge in [-0.1, -0.05) is 72.8 Å². The van der Waals surface area contributed by atoms with E-state index in [1.54, 1.807) is 0 Å². The lowest BCUT2D eigenvalue weighted by Gasteiger charge is -2.30. The summed E-state index contributed by atoms with van der Waals surface area (Å²) in [5, 5.41) is 0. The molecule has 0 saturated carbocycles. The van der Waals surface area contributed by atoms with Gasteiger partial charge in [-0.2, -0.15) is 0 Å². The summed E-state index contributed by atoms with van der Waals surface area (Å²) in [5.41, 5.74) is 17.2. The van der Waals surface area contributed by atoms with E-state index in [-0.39, 0.29) is 0 Å². The van der Waals surface area contributed by atoms with Crippen molar-refractivity contribution in [3.05, 3.63) is 167 Å². The minimum Gasteiger partial charge on any atom is -0.310 e. The number of hydrogen-bond acceptors (Lipinski definition) is 2. The minimum atomic E-state index is 1.15. The van der Waals surface area contributed by atoms with Crippen LogP contribution in [0.3, 0.4) is 0 Å². The molecule has 0 aliphatic carbocycles. The van der Waals surface area contributed by atoms with E-state index in [0.29, 0.717) is 0 Å². The normalized spacial score (nSPS) is 11.0. The second kappa shape index (κ2) is 12.3. The van der Waals surface area contributed by atoms with Crippen molar-refractivity contribution in [1.82, 2.24) is 0 Å². The third-order valence-corrected chi connectivity index (χ3v) is 8.54. The van der Waals surface area contributed by atoms with Crippen LogP contribution in [-0.4, -0.2) is 0 Å². The van der Waals surface area contributed by atoms with Gasteiger partial charge in [-0.3, -0.25) is 0 Å². The van der Waals surface area contributed by atoms with Crippen molar-refractivity contribution in [2.45, 2.75) is 41.5 Å². The standard InChI is InChI=1S/C42H40N2/c1-29-17-13-15-23-39(29)43(35-19-9-7-10-20-35)37-25-31(3)41(32(4)26-37)42-33(5)27-38(28-34(42)6)44(36-21-11-8-12-22-36)40-24-16-14-18-30(40)2/h7-28H,1-6H3. The summed E-state index contributed by atoms with van der Waals surface area (Å²) in [7, 11) is 0. The molecule has 0 aliphatic heterocycles. The average molecular weight is 573 g/mol. The Bertz CT molecular complexity index is 1730. The Morgan fingerprint density at radius 3 is 0.909 bits per heavy atom. The van der Waals surface area contributed by atoms with Gasteiger partial charge in [0.1, 0.15) is 0 Å². The smallest absolute Gasteiger partial charge is 0.0490 e. The van der Waals surface area contributed by atoms with Crippen molar-refractivity contribution < 1.29 is 0 Å². The maximum absolute atomic E-state index is 2.38. The summed E-state index contributed by atoms with van der Waals surface area (Å²) in [5.74, 6) is 0. The molecule has 0 bridgehead atoms. The summed E-state index contributed by atoms with van der Waals surface area (Å²) in [6, 6.07) is 48.0. The van der Waals surface area contributed by atoms with Crippen molar-refractivity contribution in [3.63, 3.8) is 0 Å². The molecule has 0 saturated heterocycles. The lowest BCUT2D eigenvalue weighted by atomic mass is 9.88. The highest BCUT2D eigenvalue weighted by molar-refractivity contribution is 5.86. The van der Waals surface area contributed by atoms with E-state index in [4.69, 9.17) is 0 Å². The first kappa shape index (κ1) is 29.0. The molecule has 0 spiro atoms. The summed E-state index contributed by atoms with van der Waals surface area (Å²) < 4.78 is 0. The molecule has 0 aliphatic rings. The monoisotopic (exact) mass is 572 g/mol. The van der Waals surface area contributed by atoms with E-state index in [9.17, 15) is 0 Å². The zero-order valence-corrected chi connectivity index (χ0v) is 26.6. The van der Waals surface area contributed by atoms with E-state index in [1.165, 1.54) is 67.3 Å². The van der Waals surface area contributed by atoms with Crippen LogP contribution in [0.4, 0.5) is 34.1 Å². The van der Waals surface area contributed by atoms with Crippen LogP contribution in [0, 0.1) is 41.5 Å². The molecule has 6 aromatic rings. The number of hydrogen-bond donors (Lipinski definition) is 0. The van der Waals surface area contributed by atoms with Gasteiger partial charge in [-0.25, -0.2) is 0 Å². The molecule has 0 atom stereocenters. The molecule has 0 amide bonds. The van der Waals surface area contributed by atoms with Gasteiger partial charge in [-0.05, 0) is 147 Å². The molecule has 44 heavy (non-hydrogen) atoms. The minimum absolute atomic E-state index is 1.15. The third kappa shape index (κ3) is 5.52. The van der Waals surface area contributed by atoms with E-state index >= 15 is 0 Å². The van der Waals surface area contributed by atoms with E-state index in [2.05, 4.69) is 185 Å². The van der Waals surface area contributed by atoms with E-state index in [0.717, 1.165) is 11.4 Å². The van der Waals surface area contributed by atoms with Crippen LogP contribution in [0.15, 0.2) is 133 Å². The lowest BCUT2D eigenvalue weighted by molar-refractivity contribution is 1.21. The number of benzene rings is 6. The van der Waals surface area contributed by atoms with Crippen molar-refractivity contribution in [1.29, 1.82) is 0 Å². The fourth-order valence-electron chi connectivity index (χ4n) is 6.57. The fraction of sp³-hybridized carbons (Fsp3) is 0.143. The Kier molecular flexibility index (Phi) is 8.09. The molecule has 0 aromatic heterocycles. The van der Waals surface area contributed by atoms with Crippen LogP contribution in [0.25, 0.3) is 11.1 Å². The molecule has 2 heteroatoms. The maximum Gasteiger partial charge on any atom is 0.0490 e. The van der Waals surface area contributed by atoms with Crippen LogP contribution in [0.2, 0.25) is 0 Å². The van der Waals surface area contributed by atoms with E-state index < -0.39 is 0 Å². The Hall–Kier alpha value is -5.08. The molecule has 2 nitrogen and oxygen atoms in total. The first-order valence-electron chi connectivity index (χ1n) is 15.4. The number of aryl methyl sites for hydroxylation is 6. The molecule has 6 aromatic carbocycles. The highest BCUT2D eigenvalue weighted by Crippen LogP contribution is 2.44. The summed E-state index contributed by atoms with van der Waals surface area (Å²) in [6.07, 6.45) is 0. The first-order chi connectivity index (χ1) is 21.3. The van der Waals surface area contributed by atoms with Gasteiger partial charge in [0.25, 0.3) is 0 Å². The van der Waals surface area contributed by atoms with Gasteiger partial charge >= 0.3 is 0 Å². The molecule has 0 fully saturated rings. The predicted molar refractivity (Wildman–Crippen MR) is 190 cm³/mol. The molecule has 0 N–H and O–H groups in total. The van der Waals surface area contributed by atoms with Crippen molar-refractivity contribution in [2.24, 2.45) is 0 Å². The van der Waals surface area contributed by atoms with Crippen molar-refractivity contribution in [2.75, 3.05) is 9.80 Å². The lowest BCUT2D eigenvalue weighted by Crippen LogP contribution is -2.13. The Morgan fingerprint density at radius 2 is 0.591 bits per heavy atom. The number of anilines is 6. The molecule has 6 rings (SSSR count). The van der Waals surface area contributed by atoms with Gasteiger partial charge in [0, 0.05) is 34.1 Å². The summed E-state index contributed by atoms with van der Waals surface area (Å²) in [4.78, 5) is 4.75. The van der Waals surface area contributed by atoms with Crippen molar-refractivity contribution >= 4 is 34.1 Å². The molecular weight excluding hydrogens is 532 g/mol. The quantitative estimate of drug-likeness (QED) is 0.188. The topological polar surface area (TPSA) is 6.48 Å². The van der Waals surface area contributed by atoms with Crippen LogP contribution in [-0.2, 0) is 0 Å². The zero-order valence-electron chi connectivity index (χ0n) is 26.6. The van der Waals surface area contributed by atoms with Gasteiger partial charge in [-0.15, -0.1) is 0 Å². The van der Waals surface area contributed by atoms with Gasteiger partial charge in [0.2, 0.25) is 0 Å². The largest absolute Gasteiger partial charge is 0.310 e. The molecule has 218 valence electrons. The molecule has 0 heterocycles. The maximum atomic E-state index is 2.38. The second-order valence-corrected chi connectivity index (χ2v) is 11.8. The third-order valence-electron chi connectivity index (χ3n) is 8.54. The molecule has 0 radical (unpaired) electrons. The van der Waals surface area contributed by atoms with Crippen molar-refractivity contribution in [3.8, 4) is 11.1 Å². The summed E-state index contributed by atoms with van der Waals surface area (Å²) >= 11 is 0. The van der Waals surface area contributed by atoms with Crippen LogP contribution in [0.1, 0.15) is 33.4 Å². The molecule has 0 unspecified atom stereocenters. The second-order valence-electron chi connectivity index (χ2n) is 11.8. The number of nitrogens with zero attached hydrogens (tertiary/aromatic N) is 2. The summed E-state index contributed by atoms with van der Waals surface area (Å²) in [6.45, 7) is 13.4. The van der Waals surface area contributed by atoms with Crippen LogP contribution >= 0.6 is 0 Å². The highest BCUT2D eigenvalue weighted by Gasteiger charge is 2.21. The highest BCUT2D eigenvalue weighted by atomic mass is 15.1. The first-order valence-corrected chi connectivity index (χ1v) is 15.4. The fourth-order valence-corrected chi connectivity index (χ4v) is 6.57. The van der Waals surface area contributed by atoms with Gasteiger partial charge in [0.05, 0.1) is 0 Å². The van der Waals surface area contributed by atoms with Crippen LogP contribution in [0.5, 0.6) is 0 Å². The van der Waals surface area contributed by atoms with E-state index in [1.807, 2.05) is 0 Å². The Balaban J connectivity index is 1.47. The molecular formula is C42H40N2. The number of para-hydroxylation sites is 4. The average Bonchev–Trinajstić information content (AvgIpc) is 3.01. The van der Waals surface area contributed by atoms with Crippen LogP contribution < -0.4 is 9.80 Å². The van der Waals surface area contributed by atoms with Gasteiger partial charge < -0.3 is 9.80 Å². The Labute approximate surface area is 262 Å². The number of rotatable bonds is 7. The zero-order chi connectivity index (χ0) is 30.8. The predicted octanol–water partition coefficient (Wildman–Crippen LogP) is 12.1. The van der Waals surface area contributed by atoms with Gasteiger partial charge in [0.15, 0.2) is 0 Å².